The highest BCUT2D eigenvalue weighted by Crippen LogP contribution is 2.41. The fourth-order valence-corrected chi connectivity index (χ4v) is 4.82. The summed E-state index contributed by atoms with van der Waals surface area (Å²) in [5.41, 5.74) is 0.118. The summed E-state index contributed by atoms with van der Waals surface area (Å²) in [5.74, 6) is -2.21. The Hall–Kier alpha value is -3.26. The average Bonchev–Trinajstić information content (AvgIpc) is 3.01. The van der Waals surface area contributed by atoms with E-state index in [4.69, 9.17) is 11.6 Å². The number of hydrogen-bond donors (Lipinski definition) is 0. The number of carbonyl (C=O) groups excluding carboxylic acids is 3. The van der Waals surface area contributed by atoms with Crippen molar-refractivity contribution in [3.05, 3.63) is 74.8 Å². The number of nitrogens with zero attached hydrogens (tertiary/aromatic N) is 3. The van der Waals surface area contributed by atoms with E-state index in [-0.39, 0.29) is 28.4 Å². The van der Waals surface area contributed by atoms with E-state index in [0.29, 0.717) is 18.8 Å². The molecule has 1 aliphatic heterocycles. The average molecular weight is 456 g/mol. The molecule has 9 heteroatoms. The number of rotatable bonds is 5. The molecular formula is C23H22ClN3O5. The Balaban J connectivity index is 1.77. The summed E-state index contributed by atoms with van der Waals surface area (Å²) in [6.45, 7) is 1.73. The first-order valence-corrected chi connectivity index (χ1v) is 10.8. The molecule has 0 bridgehead atoms. The van der Waals surface area contributed by atoms with E-state index in [0.717, 1.165) is 16.4 Å². The second-order valence-electron chi connectivity index (χ2n) is 8.35. The third kappa shape index (κ3) is 3.86. The van der Waals surface area contributed by atoms with Gasteiger partial charge in [0.05, 0.1) is 39.5 Å². The van der Waals surface area contributed by atoms with Crippen LogP contribution in [0.15, 0.2) is 48.5 Å². The summed E-state index contributed by atoms with van der Waals surface area (Å²) < 4.78 is 0. The van der Waals surface area contributed by atoms with E-state index >= 15 is 0 Å². The molecule has 0 spiro atoms. The third-order valence-electron chi connectivity index (χ3n) is 6.25. The van der Waals surface area contributed by atoms with Gasteiger partial charge in [0, 0.05) is 6.07 Å². The van der Waals surface area contributed by atoms with E-state index in [1.54, 1.807) is 18.2 Å². The molecule has 8 nitrogen and oxygen atoms in total. The molecule has 0 unspecified atom stereocenters. The zero-order chi connectivity index (χ0) is 23.0. The lowest BCUT2D eigenvalue weighted by Crippen LogP contribution is -2.50. The van der Waals surface area contributed by atoms with Gasteiger partial charge in [-0.25, -0.2) is 5.01 Å². The standard InChI is InChI=1S/C23H22ClN3O5/c1-14-10-11-16-18(12-14)23(30)26(22(16)29)25(21(28)17-7-3-4-8-19(17)24)13-15-6-2-5-9-20(15)27(31)32/h2-9,14,16,18H,10-13H2,1H3/t14-,16-,18-/m1/s1. The maximum Gasteiger partial charge on any atom is 0.274 e. The Labute approximate surface area is 189 Å². The number of nitro benzene ring substituents is 1. The van der Waals surface area contributed by atoms with Gasteiger partial charge in [0.1, 0.15) is 0 Å². The molecule has 1 saturated heterocycles. The first kappa shape index (κ1) is 22.0. The van der Waals surface area contributed by atoms with Gasteiger partial charge >= 0.3 is 0 Å². The maximum atomic E-state index is 13.5. The number of halogens is 1. The third-order valence-corrected chi connectivity index (χ3v) is 6.58. The first-order chi connectivity index (χ1) is 15.3. The van der Waals surface area contributed by atoms with Gasteiger partial charge in [0.15, 0.2) is 0 Å². The molecule has 2 aromatic carbocycles. The Kier molecular flexibility index (Phi) is 5.97. The molecule has 3 amide bonds. The Morgan fingerprint density at radius 2 is 1.75 bits per heavy atom. The molecule has 166 valence electrons. The van der Waals surface area contributed by atoms with Crippen molar-refractivity contribution in [1.82, 2.24) is 10.0 Å². The van der Waals surface area contributed by atoms with Crippen molar-refractivity contribution in [2.45, 2.75) is 32.7 Å². The largest absolute Gasteiger partial charge is 0.274 e. The molecule has 4 rings (SSSR count). The van der Waals surface area contributed by atoms with Crippen molar-refractivity contribution in [3.8, 4) is 0 Å². The molecular weight excluding hydrogens is 434 g/mol. The van der Waals surface area contributed by atoms with Crippen molar-refractivity contribution < 1.29 is 19.3 Å². The van der Waals surface area contributed by atoms with Gasteiger partial charge in [-0.2, -0.15) is 5.01 Å². The zero-order valence-corrected chi connectivity index (χ0v) is 18.2. The van der Waals surface area contributed by atoms with Crippen LogP contribution in [0.1, 0.15) is 42.1 Å². The number of nitro groups is 1. The number of benzene rings is 2. The number of imide groups is 1. The van der Waals surface area contributed by atoms with Crippen LogP contribution in [0.4, 0.5) is 5.69 Å². The van der Waals surface area contributed by atoms with Crippen molar-refractivity contribution in [1.29, 1.82) is 0 Å². The maximum absolute atomic E-state index is 13.5. The normalized spacial score (nSPS) is 22.6. The number of para-hydroxylation sites is 1. The minimum absolute atomic E-state index is 0.108. The van der Waals surface area contributed by atoms with E-state index in [1.165, 1.54) is 30.3 Å². The van der Waals surface area contributed by atoms with Crippen LogP contribution in [0.3, 0.4) is 0 Å². The van der Waals surface area contributed by atoms with Crippen LogP contribution in [0, 0.1) is 27.9 Å². The molecule has 32 heavy (non-hydrogen) atoms. The molecule has 0 aromatic heterocycles. The predicted octanol–water partition coefficient (Wildman–Crippen LogP) is 4.23. The number of hydrazine groups is 1. The molecule has 3 atom stereocenters. The molecule has 2 aliphatic rings. The fraction of sp³-hybridized carbons (Fsp3) is 0.348. The van der Waals surface area contributed by atoms with Crippen LogP contribution >= 0.6 is 11.6 Å². The molecule has 0 N–H and O–H groups in total. The fourth-order valence-electron chi connectivity index (χ4n) is 4.60. The molecule has 1 saturated carbocycles. The van der Waals surface area contributed by atoms with Crippen LogP contribution in [0.5, 0.6) is 0 Å². The van der Waals surface area contributed by atoms with Gasteiger partial charge < -0.3 is 0 Å². The number of carbonyl (C=O) groups is 3. The van der Waals surface area contributed by atoms with E-state index < -0.39 is 34.5 Å². The van der Waals surface area contributed by atoms with Gasteiger partial charge in [-0.15, -0.1) is 0 Å². The van der Waals surface area contributed by atoms with E-state index in [1.807, 2.05) is 6.92 Å². The summed E-state index contributed by atoms with van der Waals surface area (Å²) in [6, 6.07) is 12.3. The number of amides is 3. The first-order valence-electron chi connectivity index (χ1n) is 10.5. The van der Waals surface area contributed by atoms with Gasteiger partial charge in [-0.05, 0) is 37.3 Å². The highest BCUT2D eigenvalue weighted by Gasteiger charge is 2.52. The van der Waals surface area contributed by atoms with Crippen LogP contribution in [-0.2, 0) is 16.1 Å². The Morgan fingerprint density at radius 1 is 1.09 bits per heavy atom. The smallest absolute Gasteiger partial charge is 0.272 e. The summed E-state index contributed by atoms with van der Waals surface area (Å²) in [7, 11) is 0. The number of fused-ring (bicyclic) bond motifs is 1. The minimum atomic E-state index is -0.665. The van der Waals surface area contributed by atoms with Crippen LogP contribution in [-0.4, -0.2) is 32.7 Å². The van der Waals surface area contributed by atoms with Crippen LogP contribution in [0.25, 0.3) is 0 Å². The predicted molar refractivity (Wildman–Crippen MR) is 116 cm³/mol. The quantitative estimate of drug-likeness (QED) is 0.381. The molecule has 2 aromatic rings. The Morgan fingerprint density at radius 3 is 2.47 bits per heavy atom. The van der Waals surface area contributed by atoms with Gasteiger partial charge in [0.2, 0.25) is 0 Å². The van der Waals surface area contributed by atoms with E-state index in [9.17, 15) is 24.5 Å². The van der Waals surface area contributed by atoms with Crippen LogP contribution < -0.4 is 0 Å². The summed E-state index contributed by atoms with van der Waals surface area (Å²) >= 11 is 6.22. The van der Waals surface area contributed by atoms with Gasteiger partial charge in [-0.1, -0.05) is 48.9 Å². The lowest BCUT2D eigenvalue weighted by Gasteiger charge is -2.30. The second kappa shape index (κ2) is 8.70. The van der Waals surface area contributed by atoms with Gasteiger partial charge in [0.25, 0.3) is 23.4 Å². The summed E-state index contributed by atoms with van der Waals surface area (Å²) in [4.78, 5) is 51.1. The van der Waals surface area contributed by atoms with Gasteiger partial charge in [-0.3, -0.25) is 24.5 Å². The summed E-state index contributed by atoms with van der Waals surface area (Å²) in [6.07, 6.45) is 1.98. The Bertz CT molecular complexity index is 1100. The SMILES string of the molecule is C[C@@H]1CC[C@H]2C(=O)N(N(Cc3ccccc3[N+](=O)[O-])C(=O)c3ccccc3Cl)C(=O)[C@@H]2C1. The molecule has 1 aliphatic carbocycles. The monoisotopic (exact) mass is 455 g/mol. The van der Waals surface area contributed by atoms with Crippen molar-refractivity contribution in [2.75, 3.05) is 0 Å². The van der Waals surface area contributed by atoms with Crippen LogP contribution in [0.2, 0.25) is 5.02 Å². The van der Waals surface area contributed by atoms with Crippen molar-refractivity contribution >= 4 is 35.0 Å². The number of hydrogen-bond acceptors (Lipinski definition) is 5. The second-order valence-corrected chi connectivity index (χ2v) is 8.76. The highest BCUT2D eigenvalue weighted by molar-refractivity contribution is 6.33. The summed E-state index contributed by atoms with van der Waals surface area (Å²) in [5, 5.41) is 13.6. The van der Waals surface area contributed by atoms with Crippen molar-refractivity contribution in [3.63, 3.8) is 0 Å². The topological polar surface area (TPSA) is 101 Å². The molecule has 2 fully saturated rings. The lowest BCUT2D eigenvalue weighted by molar-refractivity contribution is -0.385. The van der Waals surface area contributed by atoms with E-state index in [2.05, 4.69) is 0 Å². The van der Waals surface area contributed by atoms with Crippen molar-refractivity contribution in [2.24, 2.45) is 17.8 Å². The lowest BCUT2D eigenvalue weighted by atomic mass is 9.76. The molecule has 0 radical (unpaired) electrons. The highest BCUT2D eigenvalue weighted by atomic mass is 35.5. The molecule has 1 heterocycles. The zero-order valence-electron chi connectivity index (χ0n) is 17.4. The minimum Gasteiger partial charge on any atom is -0.272 e.